The molecule has 0 saturated carbocycles. The topological polar surface area (TPSA) is 41.1 Å². The predicted molar refractivity (Wildman–Crippen MR) is 74.6 cm³/mol. The summed E-state index contributed by atoms with van der Waals surface area (Å²) in [5.74, 6) is 1.74. The van der Waals surface area contributed by atoms with Gasteiger partial charge >= 0.3 is 0 Å². The largest absolute Gasteiger partial charge is 0.354 e. The quantitative estimate of drug-likeness (QED) is 0.928. The Bertz CT molecular complexity index is 383. The summed E-state index contributed by atoms with van der Waals surface area (Å²) in [5.41, 5.74) is 0. The van der Waals surface area contributed by atoms with E-state index in [9.17, 15) is 0 Å². The molecule has 1 aliphatic rings. The van der Waals surface area contributed by atoms with Gasteiger partial charge in [-0.3, -0.25) is 0 Å². The lowest BCUT2D eigenvalue weighted by atomic mass is 10.2. The van der Waals surface area contributed by atoms with Gasteiger partial charge in [-0.2, -0.15) is 4.98 Å². The molecule has 1 aromatic heterocycles. The fourth-order valence-electron chi connectivity index (χ4n) is 2.34. The van der Waals surface area contributed by atoms with Crippen molar-refractivity contribution in [3.63, 3.8) is 0 Å². The molecule has 1 atom stereocenters. The Labute approximate surface area is 111 Å². The van der Waals surface area contributed by atoms with Crippen LogP contribution in [0.3, 0.4) is 0 Å². The third kappa shape index (κ3) is 2.70. The van der Waals surface area contributed by atoms with Crippen molar-refractivity contribution in [3.8, 4) is 0 Å². The highest BCUT2D eigenvalue weighted by molar-refractivity contribution is 9.10. The number of aromatic nitrogens is 2. The molecule has 2 rings (SSSR count). The molecule has 0 amide bonds. The molecule has 0 bridgehead atoms. The first kappa shape index (κ1) is 12.6. The van der Waals surface area contributed by atoms with E-state index in [-0.39, 0.29) is 0 Å². The maximum absolute atomic E-state index is 4.60. The molecule has 0 aliphatic carbocycles. The molecule has 1 fully saturated rings. The second-order valence-electron chi connectivity index (χ2n) is 4.29. The van der Waals surface area contributed by atoms with E-state index < -0.39 is 0 Å². The van der Waals surface area contributed by atoms with Crippen LogP contribution in [0.5, 0.6) is 0 Å². The van der Waals surface area contributed by atoms with Crippen molar-refractivity contribution in [2.45, 2.75) is 39.2 Å². The molecule has 1 aliphatic heterocycles. The zero-order valence-corrected chi connectivity index (χ0v) is 12.0. The minimum Gasteiger partial charge on any atom is -0.354 e. The van der Waals surface area contributed by atoms with E-state index in [1.54, 1.807) is 0 Å². The Hall–Kier alpha value is -0.840. The van der Waals surface area contributed by atoms with Gasteiger partial charge in [0.15, 0.2) is 0 Å². The van der Waals surface area contributed by atoms with Gasteiger partial charge in [-0.1, -0.05) is 6.92 Å². The third-order valence-electron chi connectivity index (χ3n) is 3.18. The number of hydrogen-bond acceptors (Lipinski definition) is 4. The van der Waals surface area contributed by atoms with E-state index in [0.29, 0.717) is 12.0 Å². The van der Waals surface area contributed by atoms with Crippen molar-refractivity contribution < 1.29 is 0 Å². The van der Waals surface area contributed by atoms with Crippen molar-refractivity contribution >= 4 is 27.7 Å². The molecule has 17 heavy (non-hydrogen) atoms. The number of hydrogen-bond donors (Lipinski definition) is 1. The smallest absolute Gasteiger partial charge is 0.224 e. The first-order valence-corrected chi connectivity index (χ1v) is 7.08. The molecule has 0 spiro atoms. The van der Waals surface area contributed by atoms with Crippen LogP contribution in [0.25, 0.3) is 0 Å². The number of rotatable bonds is 4. The summed E-state index contributed by atoms with van der Waals surface area (Å²) in [6.07, 6.45) is 5.54. The van der Waals surface area contributed by atoms with Gasteiger partial charge in [0.05, 0.1) is 4.47 Å². The standard InChI is InChI=1S/C12H19BrN4/c1-3-9-6-5-7-17(9)11-10(13)8-15-12(16-11)14-4-2/h8-9H,3-7H2,1-2H3,(H,14,15,16). The molecular formula is C12H19BrN4. The van der Waals surface area contributed by atoms with E-state index in [0.717, 1.165) is 23.4 Å². The normalized spacial score (nSPS) is 19.7. The van der Waals surface area contributed by atoms with Crippen LogP contribution in [0.15, 0.2) is 10.7 Å². The van der Waals surface area contributed by atoms with Crippen molar-refractivity contribution in [2.24, 2.45) is 0 Å². The highest BCUT2D eigenvalue weighted by Crippen LogP contribution is 2.31. The molecule has 5 heteroatoms. The maximum atomic E-state index is 4.60. The van der Waals surface area contributed by atoms with Crippen molar-refractivity contribution in [1.29, 1.82) is 0 Å². The van der Waals surface area contributed by atoms with Gasteiger partial charge in [0.2, 0.25) is 5.95 Å². The Morgan fingerprint density at radius 1 is 1.53 bits per heavy atom. The monoisotopic (exact) mass is 298 g/mol. The second kappa shape index (κ2) is 5.67. The molecule has 2 heterocycles. The minimum absolute atomic E-state index is 0.621. The van der Waals surface area contributed by atoms with Crippen LogP contribution in [0.4, 0.5) is 11.8 Å². The first-order chi connectivity index (χ1) is 8.26. The average Bonchev–Trinajstić information content (AvgIpc) is 2.80. The van der Waals surface area contributed by atoms with Crippen molar-refractivity contribution in [1.82, 2.24) is 9.97 Å². The highest BCUT2D eigenvalue weighted by atomic mass is 79.9. The number of nitrogens with zero attached hydrogens (tertiary/aromatic N) is 3. The molecule has 1 N–H and O–H groups in total. The van der Waals surface area contributed by atoms with Gasteiger partial charge in [-0.15, -0.1) is 0 Å². The lowest BCUT2D eigenvalue weighted by molar-refractivity contribution is 0.639. The van der Waals surface area contributed by atoms with Crippen LogP contribution in [0.1, 0.15) is 33.1 Å². The summed E-state index contributed by atoms with van der Waals surface area (Å²) in [5, 5.41) is 3.16. The third-order valence-corrected chi connectivity index (χ3v) is 3.74. The van der Waals surface area contributed by atoms with Crippen LogP contribution in [0.2, 0.25) is 0 Å². The van der Waals surface area contributed by atoms with E-state index in [4.69, 9.17) is 0 Å². The van der Waals surface area contributed by atoms with Gasteiger partial charge in [-0.25, -0.2) is 4.98 Å². The molecule has 4 nitrogen and oxygen atoms in total. The summed E-state index contributed by atoms with van der Waals surface area (Å²) in [6, 6.07) is 0.621. The molecule has 94 valence electrons. The van der Waals surface area contributed by atoms with Gasteiger partial charge in [0, 0.05) is 25.3 Å². The molecule has 1 aromatic rings. The summed E-state index contributed by atoms with van der Waals surface area (Å²) in [7, 11) is 0. The number of halogens is 1. The van der Waals surface area contributed by atoms with Gasteiger partial charge in [-0.05, 0) is 42.1 Å². The van der Waals surface area contributed by atoms with Crippen molar-refractivity contribution in [2.75, 3.05) is 23.3 Å². The highest BCUT2D eigenvalue weighted by Gasteiger charge is 2.26. The van der Waals surface area contributed by atoms with Crippen LogP contribution in [-0.4, -0.2) is 29.1 Å². The van der Waals surface area contributed by atoms with Crippen LogP contribution in [0, 0.1) is 0 Å². The summed E-state index contributed by atoms with van der Waals surface area (Å²) < 4.78 is 0.986. The van der Waals surface area contributed by atoms with Crippen LogP contribution < -0.4 is 10.2 Å². The van der Waals surface area contributed by atoms with Crippen LogP contribution >= 0.6 is 15.9 Å². The number of anilines is 2. The maximum Gasteiger partial charge on any atom is 0.224 e. The zero-order valence-electron chi connectivity index (χ0n) is 10.4. The average molecular weight is 299 g/mol. The second-order valence-corrected chi connectivity index (χ2v) is 5.15. The Morgan fingerprint density at radius 3 is 3.06 bits per heavy atom. The zero-order chi connectivity index (χ0) is 12.3. The lowest BCUT2D eigenvalue weighted by Crippen LogP contribution is -2.29. The Kier molecular flexibility index (Phi) is 4.20. The van der Waals surface area contributed by atoms with Gasteiger partial charge in [0.1, 0.15) is 5.82 Å². The summed E-state index contributed by atoms with van der Waals surface area (Å²) in [4.78, 5) is 11.2. The van der Waals surface area contributed by atoms with E-state index >= 15 is 0 Å². The lowest BCUT2D eigenvalue weighted by Gasteiger charge is -2.25. The summed E-state index contributed by atoms with van der Waals surface area (Å²) in [6.45, 7) is 6.23. The fraction of sp³-hybridized carbons (Fsp3) is 0.667. The number of nitrogens with one attached hydrogen (secondary N) is 1. The Balaban J connectivity index is 2.26. The van der Waals surface area contributed by atoms with E-state index in [1.165, 1.54) is 19.3 Å². The molecule has 0 radical (unpaired) electrons. The minimum atomic E-state index is 0.621. The first-order valence-electron chi connectivity index (χ1n) is 6.29. The van der Waals surface area contributed by atoms with Gasteiger partial charge in [0.25, 0.3) is 0 Å². The van der Waals surface area contributed by atoms with E-state index in [2.05, 4.69) is 50.0 Å². The Morgan fingerprint density at radius 2 is 2.35 bits per heavy atom. The predicted octanol–water partition coefficient (Wildman–Crippen LogP) is 3.05. The fourth-order valence-corrected chi connectivity index (χ4v) is 2.76. The van der Waals surface area contributed by atoms with Crippen molar-refractivity contribution in [3.05, 3.63) is 10.7 Å². The molecule has 1 unspecified atom stereocenters. The van der Waals surface area contributed by atoms with Crippen LogP contribution in [-0.2, 0) is 0 Å². The van der Waals surface area contributed by atoms with Gasteiger partial charge < -0.3 is 10.2 Å². The molecule has 1 saturated heterocycles. The summed E-state index contributed by atoms with van der Waals surface area (Å²) >= 11 is 3.55. The molecule has 0 aromatic carbocycles. The SMILES string of the molecule is CCNc1ncc(Br)c(N2CCCC2CC)n1. The molecular weight excluding hydrogens is 280 g/mol. The van der Waals surface area contributed by atoms with E-state index in [1.807, 2.05) is 6.20 Å².